The minimum Gasteiger partial charge on any atom is -0.388 e. The number of carbonyl (C=O) groups excluding carboxylic acids is 9. The lowest BCUT2D eigenvalue weighted by Gasteiger charge is -2.27. The number of guanidine groups is 5. The topological polar surface area (TPSA) is 689 Å². The number of aliphatic imine (C=N–C) groups is 5. The summed E-state index contributed by atoms with van der Waals surface area (Å²) in [6.45, 7) is -1.20. The van der Waals surface area contributed by atoms with Crippen LogP contribution in [-0.4, -0.2) is 186 Å². The van der Waals surface area contributed by atoms with Gasteiger partial charge in [-0.05, 0) is 95.2 Å². The van der Waals surface area contributed by atoms with Crippen LogP contribution < -0.4 is 111 Å². The third-order valence-corrected chi connectivity index (χ3v) is 12.2. The van der Waals surface area contributed by atoms with Gasteiger partial charge in [0.2, 0.25) is 47.3 Å². The van der Waals surface area contributed by atoms with Crippen LogP contribution in [0.25, 0.3) is 11.0 Å². The summed E-state index contributed by atoms with van der Waals surface area (Å²) in [5.74, 6) is -8.90. The van der Waals surface area contributed by atoms with Crippen molar-refractivity contribution in [3.63, 3.8) is 0 Å². The van der Waals surface area contributed by atoms with Crippen LogP contribution in [-0.2, 0) is 38.4 Å². The van der Waals surface area contributed by atoms with E-state index in [0.29, 0.717) is 23.9 Å². The monoisotopic (exact) mass is 1210 g/mol. The van der Waals surface area contributed by atoms with E-state index in [4.69, 9.17) is 74.2 Å². The number of carbonyl (C=O) groups is 9. The highest BCUT2D eigenvalue weighted by atomic mass is 16.2. The Labute approximate surface area is 494 Å². The first-order valence-electron chi connectivity index (χ1n) is 27.3. The highest BCUT2D eigenvalue weighted by Gasteiger charge is 2.33. The first-order valence-corrected chi connectivity index (χ1v) is 27.3. The van der Waals surface area contributed by atoms with Gasteiger partial charge < -0.3 is 111 Å². The van der Waals surface area contributed by atoms with Crippen LogP contribution in [0.15, 0.2) is 43.2 Å². The van der Waals surface area contributed by atoms with E-state index in [1.807, 2.05) is 0 Å². The normalized spacial score (nSPS) is 12.7. The molecular weight excluding hydrogens is 1130 g/mol. The van der Waals surface area contributed by atoms with Gasteiger partial charge in [0, 0.05) is 44.7 Å². The van der Waals surface area contributed by atoms with Gasteiger partial charge in [-0.25, -0.2) is 0 Å². The molecule has 9 amide bonds. The van der Waals surface area contributed by atoms with Gasteiger partial charge >= 0.3 is 0 Å². The van der Waals surface area contributed by atoms with Gasteiger partial charge in [-0.2, -0.15) is 15.4 Å². The fourth-order valence-electron chi connectivity index (χ4n) is 7.90. The van der Waals surface area contributed by atoms with E-state index in [1.165, 1.54) is 12.1 Å². The molecule has 38 heteroatoms. The largest absolute Gasteiger partial charge is 0.388 e. The van der Waals surface area contributed by atoms with Crippen molar-refractivity contribution in [1.82, 2.24) is 57.9 Å². The summed E-state index contributed by atoms with van der Waals surface area (Å²) in [5.41, 5.74) is 67.4. The Morgan fingerprint density at radius 3 is 1.12 bits per heavy atom. The molecule has 0 bridgehead atoms. The fraction of sp³-hybridized carbons (Fsp3) is 0.562. The minimum atomic E-state index is -1.49. The molecular formula is C48H85N29O9. The number of aromatic nitrogens is 3. The number of hydrogen-bond acceptors (Lipinski definition) is 17. The molecule has 2 aromatic rings. The summed E-state index contributed by atoms with van der Waals surface area (Å²) in [6.07, 6.45) is 0.943. The zero-order valence-corrected chi connectivity index (χ0v) is 47.8. The number of primary amides is 1. The summed E-state index contributed by atoms with van der Waals surface area (Å²) in [6, 6.07) is -3.85. The van der Waals surface area contributed by atoms with Crippen molar-refractivity contribution < 1.29 is 43.2 Å². The average Bonchev–Trinajstić information content (AvgIpc) is 3.29. The Morgan fingerprint density at radius 1 is 0.419 bits per heavy atom. The number of H-pyrrole nitrogens is 1. The van der Waals surface area contributed by atoms with Gasteiger partial charge in [0.25, 0.3) is 5.91 Å². The number of benzene rings is 1. The van der Waals surface area contributed by atoms with Crippen LogP contribution in [0.2, 0.25) is 0 Å². The van der Waals surface area contributed by atoms with Crippen molar-refractivity contribution >= 4 is 99.8 Å². The molecule has 0 saturated carbocycles. The van der Waals surface area contributed by atoms with E-state index in [2.05, 4.69) is 82.9 Å². The summed E-state index contributed by atoms with van der Waals surface area (Å²) < 4.78 is 0. The van der Waals surface area contributed by atoms with Crippen LogP contribution >= 0.6 is 0 Å². The highest BCUT2D eigenvalue weighted by Crippen LogP contribution is 2.12. The Bertz CT molecular complexity index is 2750. The van der Waals surface area contributed by atoms with Crippen molar-refractivity contribution in [2.45, 2.75) is 126 Å². The second kappa shape index (κ2) is 39.2. The molecule has 1 aromatic heterocycles. The molecule has 1 heterocycles. The number of nitrogens with one attached hydrogen (secondary N) is 10. The quantitative estimate of drug-likeness (QED) is 0.0167. The first kappa shape index (κ1) is 71.8. The molecule has 6 atom stereocenters. The Hall–Kier alpha value is -10.3. The number of nitrogens with zero attached hydrogens (tertiary/aromatic N) is 7. The molecule has 476 valence electrons. The lowest BCUT2D eigenvalue weighted by molar-refractivity contribution is -0.135. The van der Waals surface area contributed by atoms with Crippen molar-refractivity contribution in [3.05, 3.63) is 23.8 Å². The second-order valence-corrected chi connectivity index (χ2v) is 19.3. The molecule has 0 saturated heterocycles. The van der Waals surface area contributed by atoms with E-state index in [-0.39, 0.29) is 151 Å². The first-order chi connectivity index (χ1) is 40.7. The molecule has 1 aromatic carbocycles. The summed E-state index contributed by atoms with van der Waals surface area (Å²) in [5, 5.41) is 38.2. The third kappa shape index (κ3) is 30.6. The highest BCUT2D eigenvalue weighted by molar-refractivity contribution is 6.00. The maximum Gasteiger partial charge on any atom is 0.251 e. The van der Waals surface area contributed by atoms with Crippen molar-refractivity contribution in [3.8, 4) is 0 Å². The van der Waals surface area contributed by atoms with E-state index < -0.39 is 103 Å². The molecule has 0 aliphatic heterocycles. The molecule has 0 aliphatic rings. The summed E-state index contributed by atoms with van der Waals surface area (Å²) in [4.78, 5) is 142. The average molecular weight is 1210 g/mol. The van der Waals surface area contributed by atoms with Gasteiger partial charge in [-0.15, -0.1) is 0 Å². The number of nitrogens with two attached hydrogens (primary N) is 12. The van der Waals surface area contributed by atoms with E-state index >= 15 is 0 Å². The molecule has 0 unspecified atom stereocenters. The second-order valence-electron chi connectivity index (χ2n) is 19.3. The standard InChI is InChI=1S/C48H85N29O9/c49-34(50)14-2-1-8-27(37(51)80)70-40(83)29(10-4-18-63-45(54)55)72-42(85)31(12-6-20-65-47(58)59)74-43(86)32(13-7-21-66-48(60)61)73-41(84)30(11-5-19-64-46(56)57)71-39(82)28(9-3-17-62-44(52)53)69-36(79)24-67-35(78)23-68-38(81)25-15-16-26-33(22-25)76-77-75-26/h15-16,22,27-32H,1-14,17-21,23-24H2,(H3,49,50)(H2,51,80)(H,67,78)(H,68,81)(H,69,79)(H,70,83)(H,71,82)(H,72,85)(H,73,84)(H,74,86)(H4,52,53,62)(H4,54,55,63)(H4,56,57,64)(H4,58,59,65)(H4,60,61,66)(H,75,76,77)/t27-,28-,29-,30-,31-,32-/m0/s1. The van der Waals surface area contributed by atoms with Gasteiger partial charge in [0.05, 0.1) is 18.9 Å². The molecule has 86 heavy (non-hydrogen) atoms. The number of hydrogen-bond donors (Lipinski definition) is 22. The fourth-order valence-corrected chi connectivity index (χ4v) is 7.90. The van der Waals surface area contributed by atoms with E-state index in [0.717, 1.165) is 0 Å². The maximum absolute atomic E-state index is 14.5. The molecule has 34 N–H and O–H groups in total. The molecule has 0 aliphatic carbocycles. The molecule has 0 spiro atoms. The SMILES string of the molecule is N=C(N)CCCC[C@H](NC(=O)[C@H](CCCN=C(N)N)NC(=O)[C@H](CCCN=C(N)N)NC(=O)[C@H](CCCN=C(N)N)NC(=O)[C@H](CCCN=C(N)N)NC(=O)[C@H](CCCN=C(N)N)NC(=O)CNC(=O)CNC(=O)c1ccc2n[nH]nc2c1)C(N)=O. The van der Waals surface area contributed by atoms with E-state index in [9.17, 15) is 43.2 Å². The Balaban J connectivity index is 2.48. The summed E-state index contributed by atoms with van der Waals surface area (Å²) in [7, 11) is 0. The molecule has 0 fully saturated rings. The number of fused-ring (bicyclic) bond motifs is 1. The van der Waals surface area contributed by atoms with Gasteiger partial charge in [-0.1, -0.05) is 6.42 Å². The van der Waals surface area contributed by atoms with Crippen LogP contribution in [0.5, 0.6) is 0 Å². The van der Waals surface area contributed by atoms with Gasteiger partial charge in [0.1, 0.15) is 47.3 Å². The van der Waals surface area contributed by atoms with Crippen molar-refractivity contribution in [2.24, 2.45) is 93.8 Å². The van der Waals surface area contributed by atoms with Gasteiger partial charge in [-0.3, -0.25) is 73.5 Å². The number of aromatic amines is 1. The van der Waals surface area contributed by atoms with Crippen LogP contribution in [0.1, 0.15) is 100 Å². The predicted octanol–water partition coefficient (Wildman–Crippen LogP) is -9.04. The number of amides is 9. The predicted molar refractivity (Wildman–Crippen MR) is 320 cm³/mol. The number of amidine groups is 1. The number of unbranched alkanes of at least 4 members (excludes halogenated alkanes) is 1. The third-order valence-electron chi connectivity index (χ3n) is 12.2. The van der Waals surface area contributed by atoms with Crippen molar-refractivity contribution in [2.75, 3.05) is 45.8 Å². The molecule has 2 rings (SSSR count). The lowest BCUT2D eigenvalue weighted by atomic mass is 10.0. The lowest BCUT2D eigenvalue weighted by Crippen LogP contribution is -2.59. The Morgan fingerprint density at radius 2 is 0.756 bits per heavy atom. The van der Waals surface area contributed by atoms with E-state index in [1.54, 1.807) is 6.07 Å². The Kier molecular flexibility index (Phi) is 32.7. The van der Waals surface area contributed by atoms with Crippen molar-refractivity contribution in [1.29, 1.82) is 5.41 Å². The molecule has 0 radical (unpaired) electrons. The zero-order valence-electron chi connectivity index (χ0n) is 47.8. The summed E-state index contributed by atoms with van der Waals surface area (Å²) >= 11 is 0. The maximum atomic E-state index is 14.5. The number of rotatable bonds is 42. The molecule has 38 nitrogen and oxygen atoms in total. The van der Waals surface area contributed by atoms with Crippen LogP contribution in [0, 0.1) is 5.41 Å². The smallest absolute Gasteiger partial charge is 0.251 e. The van der Waals surface area contributed by atoms with Gasteiger partial charge in [0.15, 0.2) is 29.8 Å². The zero-order chi connectivity index (χ0) is 64.1. The van der Waals surface area contributed by atoms with Crippen LogP contribution in [0.4, 0.5) is 0 Å². The van der Waals surface area contributed by atoms with Crippen LogP contribution in [0.3, 0.4) is 0 Å². The minimum absolute atomic E-state index is 0.0115.